The number of rotatable bonds is 6. The van der Waals surface area contributed by atoms with Crippen molar-refractivity contribution in [2.24, 2.45) is 0 Å². The Hall–Kier alpha value is -3.03. The molecule has 0 atom stereocenters. The van der Waals surface area contributed by atoms with Gasteiger partial charge in [-0.05, 0) is 29.0 Å². The van der Waals surface area contributed by atoms with Crippen molar-refractivity contribution in [2.75, 3.05) is 0 Å². The van der Waals surface area contributed by atoms with Crippen LogP contribution in [0.3, 0.4) is 0 Å². The Morgan fingerprint density at radius 3 is 2.87 bits per heavy atom. The second kappa shape index (κ2) is 6.82. The van der Waals surface area contributed by atoms with Crippen LogP contribution in [0.15, 0.2) is 42.7 Å². The summed E-state index contributed by atoms with van der Waals surface area (Å²) in [6.07, 6.45) is 4.01. The van der Waals surface area contributed by atoms with Crippen molar-refractivity contribution in [2.45, 2.75) is 26.5 Å². The third kappa shape index (κ3) is 3.42. The van der Waals surface area contributed by atoms with Crippen molar-refractivity contribution in [3.05, 3.63) is 54.1 Å². The first kappa shape index (κ1) is 14.9. The standard InChI is InChI=1S/C15H16N6O2/c1-2-8-20-14(17-18-19-20)11-23-15(22)12-9-16-21(10-12)13-6-4-3-5-7-13/h3-7,9-10H,2,8,11H2,1H3. The lowest BCUT2D eigenvalue weighted by Gasteiger charge is -2.03. The Bertz CT molecular complexity index is 780. The molecule has 0 aliphatic heterocycles. The average Bonchev–Trinajstić information content (AvgIpc) is 3.23. The fraction of sp³-hybridized carbons (Fsp3) is 0.267. The third-order valence-corrected chi connectivity index (χ3v) is 3.21. The van der Waals surface area contributed by atoms with E-state index in [1.54, 1.807) is 15.6 Å². The highest BCUT2D eigenvalue weighted by Gasteiger charge is 2.13. The Balaban J connectivity index is 1.65. The zero-order valence-corrected chi connectivity index (χ0v) is 12.7. The summed E-state index contributed by atoms with van der Waals surface area (Å²) in [5.41, 5.74) is 1.25. The van der Waals surface area contributed by atoms with E-state index in [2.05, 4.69) is 20.6 Å². The summed E-state index contributed by atoms with van der Waals surface area (Å²) in [5.74, 6) is 0.0638. The van der Waals surface area contributed by atoms with Crippen molar-refractivity contribution < 1.29 is 9.53 Å². The summed E-state index contributed by atoms with van der Waals surface area (Å²) in [5, 5.41) is 15.5. The summed E-state index contributed by atoms with van der Waals surface area (Å²) >= 11 is 0. The maximum absolute atomic E-state index is 12.1. The van der Waals surface area contributed by atoms with Gasteiger partial charge in [0.1, 0.15) is 0 Å². The fourth-order valence-electron chi connectivity index (χ4n) is 2.08. The van der Waals surface area contributed by atoms with Crippen molar-refractivity contribution in [1.29, 1.82) is 0 Å². The van der Waals surface area contributed by atoms with Gasteiger partial charge in [-0.2, -0.15) is 5.10 Å². The molecule has 0 N–H and O–H groups in total. The SMILES string of the molecule is CCCn1nnnc1COC(=O)c1cnn(-c2ccccc2)c1. The molecular formula is C15H16N6O2. The maximum Gasteiger partial charge on any atom is 0.341 e. The number of para-hydroxylation sites is 1. The zero-order chi connectivity index (χ0) is 16.1. The number of ether oxygens (including phenoxy) is 1. The molecule has 0 spiro atoms. The number of carbonyl (C=O) groups excluding carboxylic acids is 1. The van der Waals surface area contributed by atoms with Crippen LogP contribution in [0.2, 0.25) is 0 Å². The zero-order valence-electron chi connectivity index (χ0n) is 12.7. The van der Waals surface area contributed by atoms with E-state index in [1.165, 1.54) is 6.20 Å². The van der Waals surface area contributed by atoms with Crippen LogP contribution in [-0.4, -0.2) is 36.0 Å². The summed E-state index contributed by atoms with van der Waals surface area (Å²) in [4.78, 5) is 12.1. The van der Waals surface area contributed by atoms with Crippen molar-refractivity contribution in [3.63, 3.8) is 0 Å². The normalized spacial score (nSPS) is 10.7. The van der Waals surface area contributed by atoms with Crippen LogP contribution < -0.4 is 0 Å². The lowest BCUT2D eigenvalue weighted by atomic mass is 10.3. The van der Waals surface area contributed by atoms with Gasteiger partial charge < -0.3 is 4.74 Å². The Labute approximate surface area is 132 Å². The Kier molecular flexibility index (Phi) is 4.41. The molecule has 0 unspecified atom stereocenters. The predicted molar refractivity (Wildman–Crippen MR) is 80.8 cm³/mol. The largest absolute Gasteiger partial charge is 0.454 e. The number of carbonyl (C=O) groups is 1. The number of hydrogen-bond acceptors (Lipinski definition) is 6. The van der Waals surface area contributed by atoms with Crippen molar-refractivity contribution in [3.8, 4) is 5.69 Å². The number of nitrogens with zero attached hydrogens (tertiary/aromatic N) is 6. The van der Waals surface area contributed by atoms with Crippen LogP contribution in [0.4, 0.5) is 0 Å². The van der Waals surface area contributed by atoms with Crippen LogP contribution in [0.25, 0.3) is 5.69 Å². The topological polar surface area (TPSA) is 87.7 Å². The van der Waals surface area contributed by atoms with E-state index in [1.807, 2.05) is 37.3 Å². The van der Waals surface area contributed by atoms with E-state index in [0.717, 1.165) is 12.1 Å². The molecule has 8 nitrogen and oxygen atoms in total. The highest BCUT2D eigenvalue weighted by molar-refractivity contribution is 5.88. The summed E-state index contributed by atoms with van der Waals surface area (Å²) in [6.45, 7) is 2.74. The Morgan fingerprint density at radius 2 is 2.09 bits per heavy atom. The minimum absolute atomic E-state index is 0.0301. The van der Waals surface area contributed by atoms with Gasteiger partial charge in [-0.1, -0.05) is 25.1 Å². The summed E-state index contributed by atoms with van der Waals surface area (Å²) < 4.78 is 8.50. The minimum atomic E-state index is -0.460. The molecule has 8 heteroatoms. The molecule has 2 heterocycles. The molecule has 3 rings (SSSR count). The monoisotopic (exact) mass is 312 g/mol. The molecule has 0 radical (unpaired) electrons. The van der Waals surface area contributed by atoms with Gasteiger partial charge in [0, 0.05) is 12.7 Å². The van der Waals surface area contributed by atoms with Gasteiger partial charge >= 0.3 is 5.97 Å². The maximum atomic E-state index is 12.1. The molecule has 3 aromatic rings. The Morgan fingerprint density at radius 1 is 1.26 bits per heavy atom. The minimum Gasteiger partial charge on any atom is -0.454 e. The lowest BCUT2D eigenvalue weighted by molar-refractivity contribution is 0.0456. The number of tetrazole rings is 1. The molecule has 118 valence electrons. The molecular weight excluding hydrogens is 296 g/mol. The predicted octanol–water partition coefficient (Wildman–Crippen LogP) is 1.63. The van der Waals surface area contributed by atoms with Crippen LogP contribution in [0, 0.1) is 0 Å². The smallest absolute Gasteiger partial charge is 0.341 e. The van der Waals surface area contributed by atoms with Gasteiger partial charge in [0.05, 0.1) is 17.4 Å². The van der Waals surface area contributed by atoms with Crippen LogP contribution in [0.1, 0.15) is 29.5 Å². The molecule has 1 aromatic carbocycles. The van der Waals surface area contributed by atoms with Gasteiger partial charge in [0.15, 0.2) is 12.4 Å². The number of benzene rings is 1. The molecule has 0 amide bonds. The molecule has 0 bridgehead atoms. The molecule has 0 saturated heterocycles. The quantitative estimate of drug-likeness (QED) is 0.643. The van der Waals surface area contributed by atoms with Gasteiger partial charge in [-0.3, -0.25) is 0 Å². The molecule has 2 aromatic heterocycles. The van der Waals surface area contributed by atoms with Crippen LogP contribution in [-0.2, 0) is 17.9 Å². The molecule has 0 saturated carbocycles. The van der Waals surface area contributed by atoms with Crippen molar-refractivity contribution in [1.82, 2.24) is 30.0 Å². The second-order valence-corrected chi connectivity index (χ2v) is 4.90. The first-order chi connectivity index (χ1) is 11.3. The lowest BCUT2D eigenvalue weighted by Crippen LogP contribution is -2.10. The fourth-order valence-corrected chi connectivity index (χ4v) is 2.08. The highest BCUT2D eigenvalue weighted by atomic mass is 16.5. The average molecular weight is 312 g/mol. The van der Waals surface area contributed by atoms with Gasteiger partial charge in [-0.15, -0.1) is 5.10 Å². The number of hydrogen-bond donors (Lipinski definition) is 0. The van der Waals surface area contributed by atoms with Crippen LogP contribution >= 0.6 is 0 Å². The third-order valence-electron chi connectivity index (χ3n) is 3.21. The number of esters is 1. The van der Waals surface area contributed by atoms with E-state index in [0.29, 0.717) is 17.9 Å². The molecule has 23 heavy (non-hydrogen) atoms. The summed E-state index contributed by atoms with van der Waals surface area (Å²) in [6, 6.07) is 9.54. The molecule has 0 fully saturated rings. The van der Waals surface area contributed by atoms with Crippen LogP contribution in [0.5, 0.6) is 0 Å². The van der Waals surface area contributed by atoms with Gasteiger partial charge in [0.2, 0.25) is 0 Å². The molecule has 0 aliphatic carbocycles. The van der Waals surface area contributed by atoms with E-state index >= 15 is 0 Å². The van der Waals surface area contributed by atoms with E-state index in [4.69, 9.17) is 4.74 Å². The highest BCUT2D eigenvalue weighted by Crippen LogP contribution is 2.09. The first-order valence-electron chi connectivity index (χ1n) is 7.30. The number of aryl methyl sites for hydroxylation is 1. The number of aromatic nitrogens is 6. The summed E-state index contributed by atoms with van der Waals surface area (Å²) in [7, 11) is 0. The molecule has 0 aliphatic rings. The van der Waals surface area contributed by atoms with E-state index < -0.39 is 5.97 Å². The van der Waals surface area contributed by atoms with E-state index in [9.17, 15) is 4.79 Å². The van der Waals surface area contributed by atoms with Crippen molar-refractivity contribution >= 4 is 5.97 Å². The van der Waals surface area contributed by atoms with E-state index in [-0.39, 0.29) is 6.61 Å². The van der Waals surface area contributed by atoms with Gasteiger partial charge in [0.25, 0.3) is 0 Å². The second-order valence-electron chi connectivity index (χ2n) is 4.90. The van der Waals surface area contributed by atoms with Gasteiger partial charge in [-0.25, -0.2) is 14.2 Å². The first-order valence-corrected chi connectivity index (χ1v) is 7.30.